The molecule has 0 aromatic heterocycles. The number of anilines is 2. The van der Waals surface area contributed by atoms with Crippen molar-refractivity contribution in [1.29, 1.82) is 0 Å². The minimum absolute atomic E-state index is 0.821. The van der Waals surface area contributed by atoms with Crippen molar-refractivity contribution in [1.82, 2.24) is 0 Å². The maximum atomic E-state index is 5.76. The average Bonchev–Trinajstić information content (AvgIpc) is 2.92. The summed E-state index contributed by atoms with van der Waals surface area (Å²) in [6.45, 7) is 4.24. The van der Waals surface area contributed by atoms with Gasteiger partial charge in [-0.3, -0.25) is 10.4 Å². The molecule has 4 aromatic carbocycles. The van der Waals surface area contributed by atoms with Crippen LogP contribution in [0, 0.1) is 13.8 Å². The van der Waals surface area contributed by atoms with Crippen LogP contribution >= 0.6 is 0 Å². The lowest BCUT2D eigenvalue weighted by molar-refractivity contribution is 0.413. The van der Waals surface area contributed by atoms with E-state index in [1.165, 1.54) is 33.4 Å². The highest BCUT2D eigenvalue weighted by Crippen LogP contribution is 2.32. The predicted molar refractivity (Wildman–Crippen MR) is 155 cm³/mol. The van der Waals surface area contributed by atoms with Gasteiger partial charge in [0.25, 0.3) is 0 Å². The Labute approximate surface area is 221 Å². The monoisotopic (exact) mass is 494 g/mol. The zero-order chi connectivity index (χ0) is 26.2. The number of hydrazine groups is 1. The van der Waals surface area contributed by atoms with Gasteiger partial charge in [-0.25, -0.2) is 0 Å². The molecule has 0 atom stereocenters. The van der Waals surface area contributed by atoms with Crippen molar-refractivity contribution < 1.29 is 9.47 Å². The molecule has 4 heteroatoms. The van der Waals surface area contributed by atoms with Gasteiger partial charge in [0, 0.05) is 7.05 Å². The third kappa shape index (κ3) is 7.07. The van der Waals surface area contributed by atoms with Gasteiger partial charge < -0.3 is 9.47 Å². The molecule has 0 radical (unpaired) electrons. The third-order valence-corrected chi connectivity index (χ3v) is 6.81. The summed E-state index contributed by atoms with van der Waals surface area (Å²) in [6.07, 6.45) is 3.94. The molecule has 0 spiro atoms. The molecule has 4 nitrogen and oxygen atoms in total. The molecule has 37 heavy (non-hydrogen) atoms. The van der Waals surface area contributed by atoms with Crippen LogP contribution < -0.4 is 19.9 Å². The lowest BCUT2D eigenvalue weighted by Gasteiger charge is -2.25. The number of aryl methyl sites for hydroxylation is 6. The maximum absolute atomic E-state index is 5.76. The van der Waals surface area contributed by atoms with Gasteiger partial charge in [-0.1, -0.05) is 71.8 Å². The van der Waals surface area contributed by atoms with E-state index in [4.69, 9.17) is 9.47 Å². The normalized spacial score (nSPS) is 10.7. The molecule has 0 heterocycles. The van der Waals surface area contributed by atoms with Crippen molar-refractivity contribution in [3.8, 4) is 11.5 Å². The first-order valence-corrected chi connectivity index (χ1v) is 12.9. The summed E-state index contributed by atoms with van der Waals surface area (Å²) < 4.78 is 11.5. The largest absolute Gasteiger partial charge is 0.495 e. The first-order chi connectivity index (χ1) is 17.9. The molecule has 0 aliphatic heterocycles. The molecule has 0 bridgehead atoms. The predicted octanol–water partition coefficient (Wildman–Crippen LogP) is 7.35. The zero-order valence-electron chi connectivity index (χ0n) is 22.7. The Morgan fingerprint density at radius 3 is 1.51 bits per heavy atom. The SMILES string of the molecule is COc1cc(CCc2ccc(C)cc2)ccc1NN(C)c1ccc(CCc2ccc(C)cc2)cc1OC. The summed E-state index contributed by atoms with van der Waals surface area (Å²) in [5.74, 6) is 1.66. The van der Waals surface area contributed by atoms with Crippen LogP contribution in [0.15, 0.2) is 84.9 Å². The molecule has 0 amide bonds. The van der Waals surface area contributed by atoms with Gasteiger partial charge in [0.15, 0.2) is 0 Å². The average molecular weight is 495 g/mol. The summed E-state index contributed by atoms with van der Waals surface area (Å²) in [6, 6.07) is 30.3. The number of methoxy groups -OCH3 is 2. The highest BCUT2D eigenvalue weighted by atomic mass is 16.5. The standard InChI is InChI=1S/C33H38N2O2/c1-24-6-10-26(11-7-24)14-16-28-18-20-30(32(22-28)36-4)34-35(3)31-21-19-29(23-33(31)37-5)17-15-27-12-8-25(2)9-13-27/h6-13,18-23,34H,14-17H2,1-5H3. The van der Waals surface area contributed by atoms with E-state index in [2.05, 4.69) is 104 Å². The van der Waals surface area contributed by atoms with E-state index in [0.717, 1.165) is 48.6 Å². The molecule has 0 unspecified atom stereocenters. The second-order valence-electron chi connectivity index (χ2n) is 9.68. The number of rotatable bonds is 11. The van der Waals surface area contributed by atoms with Crippen LogP contribution in [-0.2, 0) is 25.7 Å². The van der Waals surface area contributed by atoms with Crippen LogP contribution in [0.1, 0.15) is 33.4 Å². The highest BCUT2D eigenvalue weighted by molar-refractivity contribution is 5.66. The number of benzene rings is 4. The molecule has 1 N–H and O–H groups in total. The van der Waals surface area contributed by atoms with Crippen LogP contribution in [0.25, 0.3) is 0 Å². The summed E-state index contributed by atoms with van der Waals surface area (Å²) in [4.78, 5) is 0. The van der Waals surface area contributed by atoms with Crippen molar-refractivity contribution in [2.45, 2.75) is 39.5 Å². The Morgan fingerprint density at radius 2 is 1.00 bits per heavy atom. The minimum Gasteiger partial charge on any atom is -0.495 e. The van der Waals surface area contributed by atoms with Crippen LogP contribution in [0.3, 0.4) is 0 Å². The van der Waals surface area contributed by atoms with Crippen molar-refractivity contribution in [3.05, 3.63) is 118 Å². The Morgan fingerprint density at radius 1 is 0.568 bits per heavy atom. The van der Waals surface area contributed by atoms with Crippen molar-refractivity contribution in [2.75, 3.05) is 31.7 Å². The lowest BCUT2D eigenvalue weighted by atomic mass is 10.0. The van der Waals surface area contributed by atoms with Gasteiger partial charge >= 0.3 is 0 Å². The van der Waals surface area contributed by atoms with E-state index in [9.17, 15) is 0 Å². The Hall–Kier alpha value is -3.92. The molecule has 0 saturated carbocycles. The first-order valence-electron chi connectivity index (χ1n) is 12.9. The fraction of sp³-hybridized carbons (Fsp3) is 0.273. The van der Waals surface area contributed by atoms with Crippen LogP contribution in [-0.4, -0.2) is 21.3 Å². The molecule has 4 aromatic rings. The number of ether oxygens (including phenoxy) is 2. The quantitative estimate of drug-likeness (QED) is 0.221. The molecule has 0 aliphatic rings. The van der Waals surface area contributed by atoms with Gasteiger partial charge in [-0.2, -0.15) is 0 Å². The molecular weight excluding hydrogens is 456 g/mol. The molecule has 192 valence electrons. The third-order valence-electron chi connectivity index (χ3n) is 6.81. The van der Waals surface area contributed by atoms with Crippen molar-refractivity contribution in [3.63, 3.8) is 0 Å². The van der Waals surface area contributed by atoms with E-state index in [1.807, 2.05) is 12.1 Å². The maximum Gasteiger partial charge on any atom is 0.144 e. The number of nitrogens with zero attached hydrogens (tertiary/aromatic N) is 1. The Balaban J connectivity index is 1.41. The molecule has 4 rings (SSSR count). The summed E-state index contributed by atoms with van der Waals surface area (Å²) in [5, 5.41) is 1.98. The topological polar surface area (TPSA) is 33.7 Å². The smallest absolute Gasteiger partial charge is 0.144 e. The van der Waals surface area contributed by atoms with Crippen molar-refractivity contribution >= 4 is 11.4 Å². The number of hydrogen-bond acceptors (Lipinski definition) is 4. The van der Waals surface area contributed by atoms with Crippen molar-refractivity contribution in [2.24, 2.45) is 0 Å². The van der Waals surface area contributed by atoms with Gasteiger partial charge in [-0.05, 0) is 86.1 Å². The fourth-order valence-corrected chi connectivity index (χ4v) is 4.47. The Kier molecular flexibility index (Phi) is 8.73. The minimum atomic E-state index is 0.821. The molecule has 0 fully saturated rings. The van der Waals surface area contributed by atoms with E-state index < -0.39 is 0 Å². The van der Waals surface area contributed by atoms with Gasteiger partial charge in [0.1, 0.15) is 11.5 Å². The van der Waals surface area contributed by atoms with Gasteiger partial charge in [0.2, 0.25) is 0 Å². The molecule has 0 aliphatic carbocycles. The summed E-state index contributed by atoms with van der Waals surface area (Å²) in [7, 11) is 5.43. The second-order valence-corrected chi connectivity index (χ2v) is 9.68. The van der Waals surface area contributed by atoms with E-state index in [-0.39, 0.29) is 0 Å². The van der Waals surface area contributed by atoms with E-state index in [0.29, 0.717) is 0 Å². The highest BCUT2D eigenvalue weighted by Gasteiger charge is 2.13. The summed E-state index contributed by atoms with van der Waals surface area (Å²) in [5.41, 5.74) is 13.1. The zero-order valence-corrected chi connectivity index (χ0v) is 22.7. The van der Waals surface area contributed by atoms with E-state index in [1.54, 1.807) is 14.2 Å². The number of hydrogen-bond donors (Lipinski definition) is 1. The van der Waals surface area contributed by atoms with Crippen LogP contribution in [0.4, 0.5) is 11.4 Å². The first kappa shape index (κ1) is 26.2. The molecule has 0 saturated heterocycles. The molecular formula is C33H38N2O2. The Bertz CT molecular complexity index is 1300. The second kappa shape index (κ2) is 12.4. The van der Waals surface area contributed by atoms with Crippen LogP contribution in [0.5, 0.6) is 11.5 Å². The lowest BCUT2D eigenvalue weighted by Crippen LogP contribution is -2.25. The van der Waals surface area contributed by atoms with Gasteiger partial charge in [-0.15, -0.1) is 0 Å². The van der Waals surface area contributed by atoms with Crippen LogP contribution in [0.2, 0.25) is 0 Å². The fourth-order valence-electron chi connectivity index (χ4n) is 4.47. The summed E-state index contributed by atoms with van der Waals surface area (Å²) >= 11 is 0. The van der Waals surface area contributed by atoms with E-state index >= 15 is 0 Å². The van der Waals surface area contributed by atoms with Gasteiger partial charge in [0.05, 0.1) is 25.6 Å². The number of nitrogens with one attached hydrogen (secondary N) is 1.